The Labute approximate surface area is 238 Å². The second kappa shape index (κ2) is 14.0. The number of likely N-dealkylation sites (tertiary alicyclic amines) is 2. The van der Waals surface area contributed by atoms with Gasteiger partial charge in [-0.2, -0.15) is 0 Å². The number of rotatable bonds is 10. The maximum Gasteiger partial charge on any atom is 0.254 e. The summed E-state index contributed by atoms with van der Waals surface area (Å²) < 4.78 is 11.3. The first kappa shape index (κ1) is 28.4. The van der Waals surface area contributed by atoms with Crippen LogP contribution in [0.1, 0.15) is 59.2 Å². The molecule has 0 spiro atoms. The molecule has 8 heteroatoms. The summed E-state index contributed by atoms with van der Waals surface area (Å²) in [5.74, 6) is 0.948. The van der Waals surface area contributed by atoms with E-state index in [0.717, 1.165) is 63.5 Å². The molecule has 0 unspecified atom stereocenters. The predicted octanol–water partition coefficient (Wildman–Crippen LogP) is 4.15. The molecule has 0 saturated carbocycles. The molecule has 2 amide bonds. The van der Waals surface area contributed by atoms with E-state index >= 15 is 0 Å². The Hall–Kier alpha value is -3.10. The SMILES string of the molecule is COC[C@H]1CCCN1C(=O)c1ccc(C(=O)N2CCN(c3ccc(OCCCN4CCCCC4)cc3)CC2)cc1. The van der Waals surface area contributed by atoms with E-state index in [1.165, 1.54) is 32.4 Å². The van der Waals surface area contributed by atoms with Crippen LogP contribution in [-0.2, 0) is 4.74 Å². The van der Waals surface area contributed by atoms with Crippen LogP contribution in [0.4, 0.5) is 5.69 Å². The second-order valence-corrected chi connectivity index (χ2v) is 11.2. The molecule has 0 aliphatic carbocycles. The fourth-order valence-electron chi connectivity index (χ4n) is 6.15. The molecule has 1 atom stereocenters. The summed E-state index contributed by atoms with van der Waals surface area (Å²) in [6.07, 6.45) is 7.06. The number of amides is 2. The van der Waals surface area contributed by atoms with Crippen LogP contribution < -0.4 is 9.64 Å². The van der Waals surface area contributed by atoms with Crippen molar-refractivity contribution in [3.63, 3.8) is 0 Å². The fraction of sp³-hybridized carbons (Fsp3) is 0.562. The Kier molecular flexibility index (Phi) is 9.95. The van der Waals surface area contributed by atoms with E-state index in [9.17, 15) is 9.59 Å². The van der Waals surface area contributed by atoms with Gasteiger partial charge >= 0.3 is 0 Å². The zero-order valence-electron chi connectivity index (χ0n) is 23.9. The summed E-state index contributed by atoms with van der Waals surface area (Å²) in [7, 11) is 1.67. The lowest BCUT2D eigenvalue weighted by atomic mass is 10.1. The molecule has 3 fully saturated rings. The molecule has 8 nitrogen and oxygen atoms in total. The molecule has 40 heavy (non-hydrogen) atoms. The van der Waals surface area contributed by atoms with E-state index in [0.29, 0.717) is 30.8 Å². The molecule has 0 radical (unpaired) electrons. The van der Waals surface area contributed by atoms with Gasteiger partial charge in [-0.15, -0.1) is 0 Å². The molecule has 3 aliphatic rings. The van der Waals surface area contributed by atoms with Crippen LogP contribution >= 0.6 is 0 Å². The van der Waals surface area contributed by atoms with Crippen molar-refractivity contribution in [2.24, 2.45) is 0 Å². The van der Waals surface area contributed by atoms with E-state index in [4.69, 9.17) is 9.47 Å². The van der Waals surface area contributed by atoms with Gasteiger partial charge < -0.3 is 29.1 Å². The molecule has 3 aliphatic heterocycles. The molecule has 3 heterocycles. The van der Waals surface area contributed by atoms with Gasteiger partial charge in [0.15, 0.2) is 0 Å². The molecule has 0 aromatic heterocycles. The van der Waals surface area contributed by atoms with Gasteiger partial charge in [0.1, 0.15) is 5.75 Å². The Morgan fingerprint density at radius 3 is 2.12 bits per heavy atom. The summed E-state index contributed by atoms with van der Waals surface area (Å²) in [5.41, 5.74) is 2.41. The summed E-state index contributed by atoms with van der Waals surface area (Å²) >= 11 is 0. The third-order valence-corrected chi connectivity index (χ3v) is 8.48. The maximum absolute atomic E-state index is 13.2. The number of nitrogens with zero attached hydrogens (tertiary/aromatic N) is 4. The van der Waals surface area contributed by atoms with Gasteiger partial charge in [-0.25, -0.2) is 0 Å². The van der Waals surface area contributed by atoms with E-state index in [1.807, 2.05) is 9.80 Å². The number of carbonyl (C=O) groups is 2. The van der Waals surface area contributed by atoms with Crippen molar-refractivity contribution >= 4 is 17.5 Å². The van der Waals surface area contributed by atoms with Crippen molar-refractivity contribution in [1.82, 2.24) is 14.7 Å². The minimum atomic E-state index is 0.0148. The minimum Gasteiger partial charge on any atom is -0.494 e. The van der Waals surface area contributed by atoms with E-state index in [-0.39, 0.29) is 17.9 Å². The normalized spacial score (nSPS) is 20.1. The molecule has 2 aromatic rings. The lowest BCUT2D eigenvalue weighted by Crippen LogP contribution is -2.48. The number of methoxy groups -OCH3 is 1. The fourth-order valence-corrected chi connectivity index (χ4v) is 6.15. The highest BCUT2D eigenvalue weighted by Gasteiger charge is 2.29. The number of hydrogen-bond donors (Lipinski definition) is 0. The molecule has 3 saturated heterocycles. The molecule has 2 aromatic carbocycles. The third-order valence-electron chi connectivity index (χ3n) is 8.48. The third kappa shape index (κ3) is 7.15. The zero-order chi connectivity index (χ0) is 27.7. The summed E-state index contributed by atoms with van der Waals surface area (Å²) in [5, 5.41) is 0. The number of carbonyl (C=O) groups excluding carboxylic acids is 2. The lowest BCUT2D eigenvalue weighted by Gasteiger charge is -2.36. The van der Waals surface area contributed by atoms with Crippen LogP contribution in [0.3, 0.4) is 0 Å². The van der Waals surface area contributed by atoms with Crippen LogP contribution in [0.15, 0.2) is 48.5 Å². The number of benzene rings is 2. The number of hydrogen-bond acceptors (Lipinski definition) is 6. The second-order valence-electron chi connectivity index (χ2n) is 11.2. The zero-order valence-corrected chi connectivity index (χ0v) is 23.9. The average molecular weight is 549 g/mol. The van der Waals surface area contributed by atoms with Crippen LogP contribution in [0.2, 0.25) is 0 Å². The van der Waals surface area contributed by atoms with E-state index in [1.54, 1.807) is 31.4 Å². The summed E-state index contributed by atoms with van der Waals surface area (Å²) in [4.78, 5) is 34.8. The Bertz CT molecular complexity index is 1090. The standard InChI is InChI=1S/C32H44N4O4/c1-39-25-29-7-5-19-36(29)32(38)27-10-8-26(9-11-27)31(37)35-22-20-34(21-23-35)28-12-14-30(15-13-28)40-24-6-18-33-16-3-2-4-17-33/h8-15,29H,2-7,16-25H2,1H3/t29-/m1/s1. The topological polar surface area (TPSA) is 65.6 Å². The van der Waals surface area contributed by atoms with Crippen LogP contribution in [-0.4, -0.2) is 105 Å². The number of piperazine rings is 1. The van der Waals surface area contributed by atoms with Gasteiger partial charge in [-0.1, -0.05) is 6.42 Å². The summed E-state index contributed by atoms with van der Waals surface area (Å²) in [6.45, 7) is 8.56. The maximum atomic E-state index is 13.2. The Balaban J connectivity index is 1.06. The molecule has 5 rings (SSSR count). The van der Waals surface area contributed by atoms with Crippen LogP contribution in [0.5, 0.6) is 5.75 Å². The van der Waals surface area contributed by atoms with Crippen LogP contribution in [0, 0.1) is 0 Å². The molecule has 216 valence electrons. The van der Waals surface area contributed by atoms with Crippen LogP contribution in [0.25, 0.3) is 0 Å². The van der Waals surface area contributed by atoms with Gasteiger partial charge in [-0.3, -0.25) is 9.59 Å². The predicted molar refractivity (Wildman–Crippen MR) is 157 cm³/mol. The monoisotopic (exact) mass is 548 g/mol. The first-order chi connectivity index (χ1) is 19.6. The highest BCUT2D eigenvalue weighted by atomic mass is 16.5. The Morgan fingerprint density at radius 1 is 0.775 bits per heavy atom. The first-order valence-corrected chi connectivity index (χ1v) is 15.0. The molecule has 0 N–H and O–H groups in total. The van der Waals surface area contributed by atoms with E-state index in [2.05, 4.69) is 34.1 Å². The molecular formula is C32H44N4O4. The van der Waals surface area contributed by atoms with E-state index < -0.39 is 0 Å². The summed E-state index contributed by atoms with van der Waals surface area (Å²) in [6, 6.07) is 15.6. The largest absolute Gasteiger partial charge is 0.494 e. The van der Waals surface area contributed by atoms with Gasteiger partial charge in [0.25, 0.3) is 11.8 Å². The Morgan fingerprint density at radius 2 is 1.45 bits per heavy atom. The van der Waals surface area contributed by atoms with Gasteiger partial charge in [-0.05, 0) is 93.7 Å². The number of piperidine rings is 1. The minimum absolute atomic E-state index is 0.0148. The van der Waals surface area contributed by atoms with Crippen molar-refractivity contribution in [2.75, 3.05) is 77.6 Å². The highest BCUT2D eigenvalue weighted by Crippen LogP contribution is 2.23. The van der Waals surface area contributed by atoms with Gasteiger partial charge in [0.2, 0.25) is 0 Å². The van der Waals surface area contributed by atoms with Gasteiger partial charge in [0.05, 0.1) is 19.3 Å². The van der Waals surface area contributed by atoms with Gasteiger partial charge in [0, 0.05) is 63.2 Å². The highest BCUT2D eigenvalue weighted by molar-refractivity contribution is 5.98. The van der Waals surface area contributed by atoms with Crippen molar-refractivity contribution in [2.45, 2.75) is 44.6 Å². The lowest BCUT2D eigenvalue weighted by molar-refractivity contribution is 0.0629. The quantitative estimate of drug-likeness (QED) is 0.416. The van der Waals surface area contributed by atoms with Crippen molar-refractivity contribution in [3.05, 3.63) is 59.7 Å². The smallest absolute Gasteiger partial charge is 0.254 e. The van der Waals surface area contributed by atoms with Crippen molar-refractivity contribution < 1.29 is 19.1 Å². The molecular weight excluding hydrogens is 504 g/mol. The number of ether oxygens (including phenoxy) is 2. The number of anilines is 1. The average Bonchev–Trinajstić information content (AvgIpc) is 3.48. The molecule has 0 bridgehead atoms. The van der Waals surface area contributed by atoms with Crippen molar-refractivity contribution in [3.8, 4) is 5.75 Å². The van der Waals surface area contributed by atoms with Crippen molar-refractivity contribution in [1.29, 1.82) is 0 Å². The first-order valence-electron chi connectivity index (χ1n) is 15.0.